The van der Waals surface area contributed by atoms with Gasteiger partial charge < -0.3 is 10.1 Å². The van der Waals surface area contributed by atoms with Gasteiger partial charge in [0, 0.05) is 12.6 Å². The zero-order valence-electron chi connectivity index (χ0n) is 8.30. The zero-order valence-corrected chi connectivity index (χ0v) is 8.30. The number of nitrogens with one attached hydrogen (secondary N) is 1. The molecule has 0 bridgehead atoms. The Labute approximate surface area is 87.2 Å². The summed E-state index contributed by atoms with van der Waals surface area (Å²) < 4.78 is 31.0. The minimum atomic E-state index is -0.913. The molecule has 0 spiro atoms. The van der Waals surface area contributed by atoms with Gasteiger partial charge in [-0.15, -0.1) is 0 Å². The topological polar surface area (TPSA) is 21.3 Å². The van der Waals surface area contributed by atoms with Crippen molar-refractivity contribution in [3.8, 4) is 5.75 Å². The van der Waals surface area contributed by atoms with Gasteiger partial charge in [0.05, 0.1) is 0 Å². The van der Waals surface area contributed by atoms with Gasteiger partial charge in [-0.05, 0) is 25.0 Å². The summed E-state index contributed by atoms with van der Waals surface area (Å²) in [6, 6.07) is 4.54. The molecule has 2 nitrogen and oxygen atoms in total. The first-order valence-electron chi connectivity index (χ1n) is 5.07. The van der Waals surface area contributed by atoms with Crippen LogP contribution in [0.3, 0.4) is 0 Å². The molecule has 15 heavy (non-hydrogen) atoms. The van der Waals surface area contributed by atoms with E-state index in [0.29, 0.717) is 19.2 Å². The van der Waals surface area contributed by atoms with Crippen LogP contribution in [0.15, 0.2) is 18.2 Å². The first-order chi connectivity index (χ1) is 7.27. The molecule has 4 heteroatoms. The molecule has 1 aromatic carbocycles. The van der Waals surface area contributed by atoms with E-state index in [1.54, 1.807) is 0 Å². The highest BCUT2D eigenvalue weighted by molar-refractivity contribution is 5.24. The van der Waals surface area contributed by atoms with Crippen molar-refractivity contribution in [3.63, 3.8) is 0 Å². The first kappa shape index (κ1) is 10.4. The number of rotatable bonds is 5. The molecule has 1 aromatic rings. The van der Waals surface area contributed by atoms with Gasteiger partial charge in [0.25, 0.3) is 0 Å². The van der Waals surface area contributed by atoms with Crippen LogP contribution in [0.1, 0.15) is 12.8 Å². The molecule has 0 amide bonds. The SMILES string of the molecule is Fc1cccc(OCCNC2CC2)c1F. The zero-order chi connectivity index (χ0) is 10.7. The van der Waals surface area contributed by atoms with Crippen molar-refractivity contribution in [1.29, 1.82) is 0 Å². The third kappa shape index (κ3) is 2.89. The predicted octanol–water partition coefficient (Wildman–Crippen LogP) is 2.10. The fraction of sp³-hybridized carbons (Fsp3) is 0.455. The summed E-state index contributed by atoms with van der Waals surface area (Å²) in [6.07, 6.45) is 2.41. The fourth-order valence-corrected chi connectivity index (χ4v) is 1.31. The Morgan fingerprint density at radius 3 is 2.87 bits per heavy atom. The van der Waals surface area contributed by atoms with E-state index in [9.17, 15) is 8.78 Å². The number of benzene rings is 1. The van der Waals surface area contributed by atoms with Gasteiger partial charge in [0.2, 0.25) is 5.82 Å². The van der Waals surface area contributed by atoms with E-state index in [0.717, 1.165) is 6.07 Å². The summed E-state index contributed by atoms with van der Waals surface area (Å²) in [4.78, 5) is 0. The molecule has 1 aliphatic rings. The largest absolute Gasteiger partial charge is 0.489 e. The van der Waals surface area contributed by atoms with Gasteiger partial charge in [0.1, 0.15) is 6.61 Å². The van der Waals surface area contributed by atoms with Crippen LogP contribution in [0.2, 0.25) is 0 Å². The number of ether oxygens (including phenoxy) is 1. The fourth-order valence-electron chi connectivity index (χ4n) is 1.31. The van der Waals surface area contributed by atoms with Gasteiger partial charge in [-0.1, -0.05) is 6.07 Å². The van der Waals surface area contributed by atoms with Crippen LogP contribution in [-0.2, 0) is 0 Å². The summed E-state index contributed by atoms with van der Waals surface area (Å²) in [6.45, 7) is 1.03. The Balaban J connectivity index is 1.78. The average molecular weight is 213 g/mol. The van der Waals surface area contributed by atoms with Crippen molar-refractivity contribution in [2.45, 2.75) is 18.9 Å². The first-order valence-corrected chi connectivity index (χ1v) is 5.07. The second-order valence-electron chi connectivity index (χ2n) is 3.63. The standard InChI is InChI=1S/C11H13F2NO/c12-9-2-1-3-10(11(9)13)15-7-6-14-8-4-5-8/h1-3,8,14H,4-7H2. The lowest BCUT2D eigenvalue weighted by molar-refractivity contribution is 0.292. The van der Waals surface area contributed by atoms with E-state index >= 15 is 0 Å². The molecule has 0 aliphatic heterocycles. The Morgan fingerprint density at radius 1 is 1.33 bits per heavy atom. The molecule has 0 heterocycles. The number of hydrogen-bond acceptors (Lipinski definition) is 2. The van der Waals surface area contributed by atoms with Crippen molar-refractivity contribution in [2.75, 3.05) is 13.2 Å². The molecule has 0 radical (unpaired) electrons. The van der Waals surface area contributed by atoms with Crippen molar-refractivity contribution >= 4 is 0 Å². The Morgan fingerprint density at radius 2 is 2.13 bits per heavy atom. The molecule has 2 rings (SSSR count). The van der Waals surface area contributed by atoms with Crippen LogP contribution in [0.25, 0.3) is 0 Å². The summed E-state index contributed by atoms with van der Waals surface area (Å²) in [5.41, 5.74) is 0. The van der Waals surface area contributed by atoms with E-state index in [1.165, 1.54) is 25.0 Å². The predicted molar refractivity (Wildman–Crippen MR) is 52.9 cm³/mol. The number of halogens is 2. The summed E-state index contributed by atoms with van der Waals surface area (Å²) in [5.74, 6) is -1.81. The second kappa shape index (κ2) is 4.57. The van der Waals surface area contributed by atoms with Crippen LogP contribution in [-0.4, -0.2) is 19.2 Å². The maximum absolute atomic E-state index is 13.1. The van der Waals surface area contributed by atoms with Crippen LogP contribution < -0.4 is 10.1 Å². The third-order valence-corrected chi connectivity index (χ3v) is 2.29. The lowest BCUT2D eigenvalue weighted by atomic mass is 10.3. The molecule has 0 atom stereocenters. The van der Waals surface area contributed by atoms with Crippen LogP contribution in [0.5, 0.6) is 5.75 Å². The third-order valence-electron chi connectivity index (χ3n) is 2.29. The molecule has 1 N–H and O–H groups in total. The molecule has 0 unspecified atom stereocenters. The summed E-state index contributed by atoms with van der Waals surface area (Å²) in [7, 11) is 0. The second-order valence-corrected chi connectivity index (χ2v) is 3.63. The molecule has 0 aromatic heterocycles. The molecular weight excluding hydrogens is 200 g/mol. The monoisotopic (exact) mass is 213 g/mol. The minimum Gasteiger partial charge on any atom is -0.489 e. The Bertz CT molecular complexity index is 339. The Kier molecular flexibility index (Phi) is 3.16. The van der Waals surface area contributed by atoms with Gasteiger partial charge in [-0.25, -0.2) is 4.39 Å². The van der Waals surface area contributed by atoms with Gasteiger partial charge >= 0.3 is 0 Å². The number of hydrogen-bond donors (Lipinski definition) is 1. The Hall–Kier alpha value is -1.16. The maximum atomic E-state index is 13.1. The van der Waals surface area contributed by atoms with Crippen molar-refractivity contribution < 1.29 is 13.5 Å². The normalized spacial score (nSPS) is 15.3. The van der Waals surface area contributed by atoms with E-state index in [1.807, 2.05) is 0 Å². The molecule has 0 saturated heterocycles. The minimum absolute atomic E-state index is 0.0207. The van der Waals surface area contributed by atoms with E-state index in [2.05, 4.69) is 5.32 Å². The lowest BCUT2D eigenvalue weighted by Crippen LogP contribution is -2.23. The summed E-state index contributed by atoms with van der Waals surface area (Å²) in [5, 5.41) is 3.22. The maximum Gasteiger partial charge on any atom is 0.200 e. The molecule has 1 aliphatic carbocycles. The average Bonchev–Trinajstić information content (AvgIpc) is 3.02. The molecular formula is C11H13F2NO. The van der Waals surface area contributed by atoms with E-state index in [-0.39, 0.29) is 5.75 Å². The van der Waals surface area contributed by atoms with Gasteiger partial charge in [-0.2, -0.15) is 4.39 Å². The summed E-state index contributed by atoms with van der Waals surface area (Å²) >= 11 is 0. The lowest BCUT2D eigenvalue weighted by Gasteiger charge is -2.07. The van der Waals surface area contributed by atoms with E-state index in [4.69, 9.17) is 4.74 Å². The molecule has 82 valence electrons. The highest BCUT2D eigenvalue weighted by atomic mass is 19.2. The van der Waals surface area contributed by atoms with Crippen LogP contribution >= 0.6 is 0 Å². The van der Waals surface area contributed by atoms with Crippen LogP contribution in [0, 0.1) is 11.6 Å². The van der Waals surface area contributed by atoms with Crippen molar-refractivity contribution in [2.24, 2.45) is 0 Å². The van der Waals surface area contributed by atoms with Crippen LogP contribution in [0.4, 0.5) is 8.78 Å². The molecule has 1 fully saturated rings. The van der Waals surface area contributed by atoms with E-state index < -0.39 is 11.6 Å². The van der Waals surface area contributed by atoms with Gasteiger partial charge in [0.15, 0.2) is 11.6 Å². The molecule has 1 saturated carbocycles. The van der Waals surface area contributed by atoms with Crippen molar-refractivity contribution in [1.82, 2.24) is 5.32 Å². The quantitative estimate of drug-likeness (QED) is 0.756. The smallest absolute Gasteiger partial charge is 0.200 e. The van der Waals surface area contributed by atoms with Gasteiger partial charge in [-0.3, -0.25) is 0 Å². The van der Waals surface area contributed by atoms with Crippen molar-refractivity contribution in [3.05, 3.63) is 29.8 Å². The highest BCUT2D eigenvalue weighted by Gasteiger charge is 2.19. The highest BCUT2D eigenvalue weighted by Crippen LogP contribution is 2.20.